The topological polar surface area (TPSA) is 85.2 Å². The van der Waals surface area contributed by atoms with Crippen LogP contribution >= 0.6 is 0 Å². The minimum atomic E-state index is 0.522. The maximum atomic E-state index is 9.04. The summed E-state index contributed by atoms with van der Waals surface area (Å²) in [5.41, 5.74) is 2.02. The van der Waals surface area contributed by atoms with E-state index in [4.69, 9.17) is 5.26 Å². The van der Waals surface area contributed by atoms with Crippen molar-refractivity contribution in [3.05, 3.63) is 49.1 Å². The predicted molar refractivity (Wildman–Crippen MR) is 61.0 cm³/mol. The summed E-state index contributed by atoms with van der Waals surface area (Å²) in [6, 6.07) is 7.42. The zero-order chi connectivity index (χ0) is 12.4. The van der Waals surface area contributed by atoms with Crippen LogP contribution in [-0.2, 0) is 0 Å². The molecule has 3 aromatic rings. The summed E-state index contributed by atoms with van der Waals surface area (Å²) in [5.74, 6) is 0. The molecule has 7 nitrogen and oxygen atoms in total. The third kappa shape index (κ3) is 1.72. The average Bonchev–Trinajstić information content (AvgIpc) is 3.10. The molecule has 0 radical (unpaired) electrons. The minimum Gasteiger partial charge on any atom is -0.223 e. The fraction of sp³-hybridized carbons (Fsp3) is 0. The smallest absolute Gasteiger partial charge is 0.138 e. The van der Waals surface area contributed by atoms with Crippen LogP contribution < -0.4 is 0 Å². The van der Waals surface area contributed by atoms with E-state index < -0.39 is 0 Å². The molecular formula is C11H7N7. The largest absolute Gasteiger partial charge is 0.223 e. The molecule has 0 bridgehead atoms. The van der Waals surface area contributed by atoms with Crippen molar-refractivity contribution in [1.29, 1.82) is 5.26 Å². The van der Waals surface area contributed by atoms with Gasteiger partial charge in [-0.2, -0.15) is 15.5 Å². The third-order valence-corrected chi connectivity index (χ3v) is 2.40. The first-order valence-electron chi connectivity index (χ1n) is 5.12. The first kappa shape index (κ1) is 10.2. The second-order valence-corrected chi connectivity index (χ2v) is 3.53. The highest BCUT2D eigenvalue weighted by atomic mass is 15.3. The van der Waals surface area contributed by atoms with Crippen molar-refractivity contribution in [2.75, 3.05) is 0 Å². The number of nitrogens with zero attached hydrogens (tertiary/aromatic N) is 7. The molecule has 0 fully saturated rings. The SMILES string of the molecule is N#Cc1cc(-n2cncn2)cc(-n2cncn2)c1. The highest BCUT2D eigenvalue weighted by Gasteiger charge is 2.05. The first-order valence-corrected chi connectivity index (χ1v) is 5.12. The summed E-state index contributed by atoms with van der Waals surface area (Å²) in [5, 5.41) is 17.1. The fourth-order valence-electron chi connectivity index (χ4n) is 1.61. The van der Waals surface area contributed by atoms with E-state index >= 15 is 0 Å². The van der Waals surface area contributed by atoms with E-state index in [0.717, 1.165) is 11.4 Å². The normalized spacial score (nSPS) is 10.2. The molecule has 0 spiro atoms. The lowest BCUT2D eigenvalue weighted by Crippen LogP contribution is -2.00. The molecule has 0 N–H and O–H groups in total. The molecule has 0 aliphatic rings. The molecule has 0 unspecified atom stereocenters. The Morgan fingerprint density at radius 3 is 1.83 bits per heavy atom. The van der Waals surface area contributed by atoms with Crippen molar-refractivity contribution in [2.45, 2.75) is 0 Å². The molecule has 3 rings (SSSR count). The standard InChI is InChI=1S/C11H7N7/c12-4-9-1-10(17-7-13-5-15-17)3-11(2-9)18-8-14-6-16-18/h1-3,5-8H. The van der Waals surface area contributed by atoms with Crippen LogP contribution in [0, 0.1) is 11.3 Å². The zero-order valence-electron chi connectivity index (χ0n) is 9.17. The van der Waals surface area contributed by atoms with Gasteiger partial charge in [-0.1, -0.05) is 0 Å². The Morgan fingerprint density at radius 2 is 1.44 bits per heavy atom. The molecular weight excluding hydrogens is 230 g/mol. The number of benzene rings is 1. The number of hydrogen-bond acceptors (Lipinski definition) is 5. The Morgan fingerprint density at radius 1 is 0.889 bits per heavy atom. The highest BCUT2D eigenvalue weighted by Crippen LogP contribution is 2.15. The molecule has 0 atom stereocenters. The maximum Gasteiger partial charge on any atom is 0.138 e. The van der Waals surface area contributed by atoms with Gasteiger partial charge in [-0.05, 0) is 18.2 Å². The van der Waals surface area contributed by atoms with Gasteiger partial charge in [-0.3, -0.25) is 0 Å². The van der Waals surface area contributed by atoms with Crippen LogP contribution in [0.3, 0.4) is 0 Å². The van der Waals surface area contributed by atoms with E-state index in [2.05, 4.69) is 26.2 Å². The molecule has 18 heavy (non-hydrogen) atoms. The van der Waals surface area contributed by atoms with E-state index in [0.29, 0.717) is 5.56 Å². The van der Waals surface area contributed by atoms with E-state index in [-0.39, 0.29) is 0 Å². The van der Waals surface area contributed by atoms with Crippen molar-refractivity contribution in [1.82, 2.24) is 29.5 Å². The van der Waals surface area contributed by atoms with Crippen molar-refractivity contribution in [3.8, 4) is 17.4 Å². The van der Waals surface area contributed by atoms with Gasteiger partial charge in [0, 0.05) is 0 Å². The van der Waals surface area contributed by atoms with Crippen LogP contribution in [0.2, 0.25) is 0 Å². The molecule has 86 valence electrons. The lowest BCUT2D eigenvalue weighted by atomic mass is 10.2. The Hall–Kier alpha value is -3.01. The number of aromatic nitrogens is 6. The van der Waals surface area contributed by atoms with Gasteiger partial charge in [0.1, 0.15) is 25.3 Å². The Labute approximate surface area is 102 Å². The molecule has 2 heterocycles. The van der Waals surface area contributed by atoms with Crippen molar-refractivity contribution >= 4 is 0 Å². The minimum absolute atomic E-state index is 0.522. The van der Waals surface area contributed by atoms with Crippen LogP contribution in [0.4, 0.5) is 0 Å². The maximum absolute atomic E-state index is 9.04. The highest BCUT2D eigenvalue weighted by molar-refractivity contribution is 5.50. The predicted octanol–water partition coefficient (Wildman–Crippen LogP) is 0.720. The van der Waals surface area contributed by atoms with Crippen LogP contribution in [-0.4, -0.2) is 29.5 Å². The molecule has 7 heteroatoms. The van der Waals surface area contributed by atoms with Gasteiger partial charge < -0.3 is 0 Å². The second kappa shape index (κ2) is 4.10. The summed E-state index contributed by atoms with van der Waals surface area (Å²) >= 11 is 0. The summed E-state index contributed by atoms with van der Waals surface area (Å²) in [6.45, 7) is 0. The monoisotopic (exact) mass is 237 g/mol. The van der Waals surface area contributed by atoms with E-state index in [1.807, 2.05) is 6.07 Å². The summed E-state index contributed by atoms with van der Waals surface area (Å²) in [7, 11) is 0. The first-order chi connectivity index (χ1) is 8.86. The lowest BCUT2D eigenvalue weighted by Gasteiger charge is -2.05. The molecule has 2 aromatic heterocycles. The van der Waals surface area contributed by atoms with Gasteiger partial charge in [0.05, 0.1) is 23.0 Å². The summed E-state index contributed by atoms with van der Waals surface area (Å²) in [4.78, 5) is 7.76. The molecule has 0 amide bonds. The van der Waals surface area contributed by atoms with Crippen LogP contribution in [0.15, 0.2) is 43.5 Å². The molecule has 0 saturated carbocycles. The van der Waals surface area contributed by atoms with Crippen LogP contribution in [0.1, 0.15) is 5.56 Å². The van der Waals surface area contributed by atoms with Gasteiger partial charge >= 0.3 is 0 Å². The van der Waals surface area contributed by atoms with Gasteiger partial charge in [0.2, 0.25) is 0 Å². The Kier molecular flexibility index (Phi) is 2.32. The molecule has 0 aliphatic carbocycles. The second-order valence-electron chi connectivity index (χ2n) is 3.53. The van der Waals surface area contributed by atoms with Crippen molar-refractivity contribution < 1.29 is 0 Å². The van der Waals surface area contributed by atoms with Crippen molar-refractivity contribution in [2.24, 2.45) is 0 Å². The number of hydrogen-bond donors (Lipinski definition) is 0. The summed E-state index contributed by atoms with van der Waals surface area (Å²) < 4.78 is 3.17. The number of rotatable bonds is 2. The summed E-state index contributed by atoms with van der Waals surface area (Å²) in [6.07, 6.45) is 6.02. The van der Waals surface area contributed by atoms with Crippen LogP contribution in [0.25, 0.3) is 11.4 Å². The van der Waals surface area contributed by atoms with E-state index in [1.165, 1.54) is 12.7 Å². The Bertz CT molecular complexity index is 639. The lowest BCUT2D eigenvalue weighted by molar-refractivity contribution is 0.853. The van der Waals surface area contributed by atoms with Crippen molar-refractivity contribution in [3.63, 3.8) is 0 Å². The molecule has 1 aromatic carbocycles. The number of nitriles is 1. The Balaban J connectivity index is 2.17. The molecule has 0 aliphatic heterocycles. The molecule has 0 saturated heterocycles. The van der Waals surface area contributed by atoms with Gasteiger partial charge in [-0.25, -0.2) is 19.3 Å². The van der Waals surface area contributed by atoms with Gasteiger partial charge in [-0.15, -0.1) is 0 Å². The fourth-order valence-corrected chi connectivity index (χ4v) is 1.61. The van der Waals surface area contributed by atoms with Gasteiger partial charge in [0.25, 0.3) is 0 Å². The van der Waals surface area contributed by atoms with Gasteiger partial charge in [0.15, 0.2) is 0 Å². The van der Waals surface area contributed by atoms with Crippen LogP contribution in [0.5, 0.6) is 0 Å². The third-order valence-electron chi connectivity index (χ3n) is 2.40. The van der Waals surface area contributed by atoms with E-state index in [9.17, 15) is 0 Å². The quantitative estimate of drug-likeness (QED) is 0.655. The average molecular weight is 237 g/mol. The van der Waals surface area contributed by atoms with E-state index in [1.54, 1.807) is 34.2 Å². The zero-order valence-corrected chi connectivity index (χ0v) is 9.17.